The summed E-state index contributed by atoms with van der Waals surface area (Å²) < 4.78 is 5.41. The van der Waals surface area contributed by atoms with Gasteiger partial charge in [0.15, 0.2) is 0 Å². The van der Waals surface area contributed by atoms with Crippen LogP contribution in [0.4, 0.5) is 10.5 Å². The number of ether oxygens (including phenoxy) is 1. The molecular formula is C23H29N3O2. The predicted octanol–water partition coefficient (Wildman–Crippen LogP) is 3.40. The van der Waals surface area contributed by atoms with Crippen LogP contribution in [0.3, 0.4) is 0 Å². The van der Waals surface area contributed by atoms with Crippen molar-refractivity contribution in [3.05, 3.63) is 65.7 Å². The molecule has 1 aliphatic carbocycles. The van der Waals surface area contributed by atoms with Gasteiger partial charge in [0.25, 0.3) is 0 Å². The second kappa shape index (κ2) is 8.23. The number of carbonyl (C=O) groups excluding carboxylic acids is 1. The van der Waals surface area contributed by atoms with Crippen LogP contribution in [0.2, 0.25) is 0 Å². The molecule has 2 amide bonds. The quantitative estimate of drug-likeness (QED) is 0.837. The van der Waals surface area contributed by atoms with Crippen LogP contribution in [0.5, 0.6) is 0 Å². The molecule has 2 fully saturated rings. The third-order valence-corrected chi connectivity index (χ3v) is 5.90. The van der Waals surface area contributed by atoms with Crippen molar-refractivity contribution >= 4 is 11.7 Å². The Morgan fingerprint density at radius 3 is 2.39 bits per heavy atom. The molecule has 0 bridgehead atoms. The fourth-order valence-electron chi connectivity index (χ4n) is 3.87. The zero-order chi connectivity index (χ0) is 19.4. The summed E-state index contributed by atoms with van der Waals surface area (Å²) >= 11 is 0. The molecule has 2 aromatic carbocycles. The van der Waals surface area contributed by atoms with Crippen LogP contribution in [0.1, 0.15) is 24.0 Å². The zero-order valence-electron chi connectivity index (χ0n) is 16.6. The molecule has 2 aromatic rings. The molecule has 148 valence electrons. The normalized spacial score (nSPS) is 17.8. The van der Waals surface area contributed by atoms with E-state index < -0.39 is 0 Å². The molecule has 2 aliphatic rings. The van der Waals surface area contributed by atoms with E-state index in [1.807, 2.05) is 13.1 Å². The first-order valence-corrected chi connectivity index (χ1v) is 10.1. The molecule has 28 heavy (non-hydrogen) atoms. The summed E-state index contributed by atoms with van der Waals surface area (Å²) in [6, 6.07) is 19.0. The van der Waals surface area contributed by atoms with Crippen molar-refractivity contribution < 1.29 is 9.53 Å². The van der Waals surface area contributed by atoms with Gasteiger partial charge in [-0.25, -0.2) is 4.79 Å². The second-order valence-corrected chi connectivity index (χ2v) is 7.93. The monoisotopic (exact) mass is 379 g/mol. The second-order valence-electron chi connectivity index (χ2n) is 7.93. The molecule has 0 atom stereocenters. The van der Waals surface area contributed by atoms with Gasteiger partial charge in [-0.15, -0.1) is 0 Å². The topological polar surface area (TPSA) is 44.8 Å². The third-order valence-electron chi connectivity index (χ3n) is 5.90. The minimum Gasteiger partial charge on any atom is -0.378 e. The minimum absolute atomic E-state index is 0.0144. The van der Waals surface area contributed by atoms with Crippen LogP contribution in [-0.4, -0.2) is 50.8 Å². The number of urea groups is 1. The van der Waals surface area contributed by atoms with Gasteiger partial charge in [-0.3, -0.25) is 0 Å². The molecule has 1 aliphatic heterocycles. The Morgan fingerprint density at radius 2 is 1.75 bits per heavy atom. The Balaban J connectivity index is 1.28. The highest BCUT2D eigenvalue weighted by Crippen LogP contribution is 2.47. The molecule has 1 N–H and O–H groups in total. The molecule has 1 saturated heterocycles. The number of benzene rings is 2. The fraction of sp³-hybridized carbons (Fsp3) is 0.435. The molecule has 5 nitrogen and oxygen atoms in total. The van der Waals surface area contributed by atoms with Gasteiger partial charge < -0.3 is 19.9 Å². The average Bonchev–Trinajstić information content (AvgIpc) is 3.55. The summed E-state index contributed by atoms with van der Waals surface area (Å²) in [7, 11) is 1.85. The first kappa shape index (κ1) is 18.8. The molecule has 0 spiro atoms. The van der Waals surface area contributed by atoms with Gasteiger partial charge in [0.2, 0.25) is 0 Å². The van der Waals surface area contributed by atoms with Gasteiger partial charge in [0.1, 0.15) is 0 Å². The van der Waals surface area contributed by atoms with Gasteiger partial charge in [-0.1, -0.05) is 42.5 Å². The number of hydrogen-bond donors (Lipinski definition) is 1. The first-order chi connectivity index (χ1) is 13.7. The summed E-state index contributed by atoms with van der Waals surface area (Å²) in [6.45, 7) is 4.75. The molecule has 5 heteroatoms. The predicted molar refractivity (Wildman–Crippen MR) is 112 cm³/mol. The van der Waals surface area contributed by atoms with Gasteiger partial charge >= 0.3 is 6.03 Å². The number of amides is 2. The number of anilines is 1. The van der Waals surface area contributed by atoms with E-state index in [1.165, 1.54) is 11.3 Å². The Kier molecular flexibility index (Phi) is 5.53. The lowest BCUT2D eigenvalue weighted by Crippen LogP contribution is -2.40. The highest BCUT2D eigenvalue weighted by atomic mass is 16.5. The Labute approximate surface area is 167 Å². The number of nitrogens with zero attached hydrogens (tertiary/aromatic N) is 2. The minimum atomic E-state index is -0.0144. The summed E-state index contributed by atoms with van der Waals surface area (Å²) in [5.74, 6) is 0. The highest BCUT2D eigenvalue weighted by Gasteiger charge is 2.44. The number of rotatable bonds is 6. The molecule has 0 aromatic heterocycles. The van der Waals surface area contributed by atoms with E-state index in [2.05, 4.69) is 58.7 Å². The van der Waals surface area contributed by atoms with Crippen LogP contribution in [-0.2, 0) is 16.7 Å². The maximum atomic E-state index is 12.6. The fourth-order valence-corrected chi connectivity index (χ4v) is 3.87. The van der Waals surface area contributed by atoms with Crippen molar-refractivity contribution in [2.24, 2.45) is 0 Å². The molecule has 0 radical (unpaired) electrons. The molecule has 1 saturated carbocycles. The van der Waals surface area contributed by atoms with E-state index in [0.717, 1.165) is 44.7 Å². The summed E-state index contributed by atoms with van der Waals surface area (Å²) in [4.78, 5) is 16.7. The smallest absolute Gasteiger partial charge is 0.317 e. The van der Waals surface area contributed by atoms with Gasteiger partial charge in [0, 0.05) is 44.3 Å². The van der Waals surface area contributed by atoms with Crippen molar-refractivity contribution in [1.29, 1.82) is 0 Å². The SMILES string of the molecule is CN(Cc1ccc(N2CCOCC2)cc1)C(=O)NCC1(c2ccccc2)CC1. The Bertz CT molecular complexity index is 781. The maximum absolute atomic E-state index is 12.6. The van der Waals surface area contributed by atoms with Gasteiger partial charge in [0.05, 0.1) is 13.2 Å². The lowest BCUT2D eigenvalue weighted by Gasteiger charge is -2.29. The molecule has 1 heterocycles. The standard InChI is InChI=1S/C23H29N3O2/c1-25(17-19-7-9-21(10-8-19)26-13-15-28-16-14-26)22(27)24-18-23(11-12-23)20-5-3-2-4-6-20/h2-10H,11-18H2,1H3,(H,24,27). The average molecular weight is 380 g/mol. The van der Waals surface area contributed by atoms with E-state index in [9.17, 15) is 4.79 Å². The lowest BCUT2D eigenvalue weighted by atomic mass is 9.96. The van der Waals surface area contributed by atoms with Crippen molar-refractivity contribution in [3.63, 3.8) is 0 Å². The summed E-state index contributed by atoms with van der Waals surface area (Å²) in [5, 5.41) is 3.13. The van der Waals surface area contributed by atoms with E-state index in [4.69, 9.17) is 4.74 Å². The van der Waals surface area contributed by atoms with E-state index in [1.54, 1.807) is 4.90 Å². The van der Waals surface area contributed by atoms with Crippen molar-refractivity contribution in [1.82, 2.24) is 10.2 Å². The number of morpholine rings is 1. The van der Waals surface area contributed by atoms with Crippen LogP contribution >= 0.6 is 0 Å². The summed E-state index contributed by atoms with van der Waals surface area (Å²) in [5.41, 5.74) is 3.82. The number of nitrogens with one attached hydrogen (secondary N) is 1. The van der Waals surface area contributed by atoms with Crippen LogP contribution in [0, 0.1) is 0 Å². The number of carbonyl (C=O) groups is 1. The van der Waals surface area contributed by atoms with Crippen LogP contribution < -0.4 is 10.2 Å². The third kappa shape index (κ3) is 4.30. The molecule has 4 rings (SSSR count). The lowest BCUT2D eigenvalue weighted by molar-refractivity contribution is 0.122. The van der Waals surface area contributed by atoms with Crippen LogP contribution in [0.25, 0.3) is 0 Å². The molecular weight excluding hydrogens is 350 g/mol. The Morgan fingerprint density at radius 1 is 1.07 bits per heavy atom. The van der Waals surface area contributed by atoms with Crippen molar-refractivity contribution in [2.75, 3.05) is 44.8 Å². The largest absolute Gasteiger partial charge is 0.378 e. The summed E-state index contributed by atoms with van der Waals surface area (Å²) in [6.07, 6.45) is 2.29. The van der Waals surface area contributed by atoms with Crippen molar-refractivity contribution in [3.8, 4) is 0 Å². The van der Waals surface area contributed by atoms with E-state index in [-0.39, 0.29) is 11.4 Å². The number of hydrogen-bond acceptors (Lipinski definition) is 3. The van der Waals surface area contributed by atoms with E-state index >= 15 is 0 Å². The van der Waals surface area contributed by atoms with E-state index in [0.29, 0.717) is 13.1 Å². The highest BCUT2D eigenvalue weighted by molar-refractivity contribution is 5.74. The zero-order valence-corrected chi connectivity index (χ0v) is 16.6. The Hall–Kier alpha value is -2.53. The maximum Gasteiger partial charge on any atom is 0.317 e. The van der Waals surface area contributed by atoms with Gasteiger partial charge in [-0.2, -0.15) is 0 Å². The van der Waals surface area contributed by atoms with Crippen molar-refractivity contribution in [2.45, 2.75) is 24.8 Å². The van der Waals surface area contributed by atoms with Gasteiger partial charge in [-0.05, 0) is 36.1 Å². The molecule has 0 unspecified atom stereocenters. The van der Waals surface area contributed by atoms with Crippen LogP contribution in [0.15, 0.2) is 54.6 Å². The first-order valence-electron chi connectivity index (χ1n) is 10.1.